The molecule has 0 aliphatic heterocycles. The van der Waals surface area contributed by atoms with Crippen molar-refractivity contribution in [1.82, 2.24) is 14.5 Å². The molecule has 1 aromatic carbocycles. The van der Waals surface area contributed by atoms with E-state index in [1.165, 1.54) is 22.0 Å². The standard InChI is InChI=1S/C13H16N4O/c1-9-5-4-6-10(2)11(9)7-17-8-15-12(14-3)16-13(17)18/h4-6,8H,7H2,1-3H3,(H,14,16,18). The summed E-state index contributed by atoms with van der Waals surface area (Å²) < 4.78 is 1.51. The molecule has 0 atom stereocenters. The summed E-state index contributed by atoms with van der Waals surface area (Å²) in [5, 5.41) is 2.75. The summed E-state index contributed by atoms with van der Waals surface area (Å²) in [5.74, 6) is 0.345. The van der Waals surface area contributed by atoms with E-state index in [4.69, 9.17) is 0 Å². The first-order valence-electron chi connectivity index (χ1n) is 5.78. The van der Waals surface area contributed by atoms with Crippen molar-refractivity contribution in [3.63, 3.8) is 0 Å². The van der Waals surface area contributed by atoms with E-state index in [0.29, 0.717) is 12.5 Å². The number of aryl methyl sites for hydroxylation is 2. The van der Waals surface area contributed by atoms with Crippen molar-refractivity contribution in [3.05, 3.63) is 51.7 Å². The molecule has 0 saturated heterocycles. The summed E-state index contributed by atoms with van der Waals surface area (Å²) in [6, 6.07) is 6.09. The summed E-state index contributed by atoms with van der Waals surface area (Å²) in [7, 11) is 1.69. The van der Waals surface area contributed by atoms with Gasteiger partial charge in [-0.1, -0.05) is 18.2 Å². The van der Waals surface area contributed by atoms with Crippen LogP contribution in [0.1, 0.15) is 16.7 Å². The number of hydrogen-bond acceptors (Lipinski definition) is 4. The fourth-order valence-corrected chi connectivity index (χ4v) is 1.86. The van der Waals surface area contributed by atoms with Gasteiger partial charge in [-0.3, -0.25) is 4.57 Å². The zero-order valence-corrected chi connectivity index (χ0v) is 10.8. The Morgan fingerprint density at radius 1 is 1.28 bits per heavy atom. The van der Waals surface area contributed by atoms with Crippen molar-refractivity contribution in [1.29, 1.82) is 0 Å². The highest BCUT2D eigenvalue weighted by Gasteiger charge is 2.06. The third kappa shape index (κ3) is 2.40. The molecule has 1 heterocycles. The molecule has 0 amide bonds. The quantitative estimate of drug-likeness (QED) is 0.885. The molecule has 0 spiro atoms. The number of rotatable bonds is 3. The molecule has 0 unspecified atom stereocenters. The van der Waals surface area contributed by atoms with Gasteiger partial charge in [-0.25, -0.2) is 9.78 Å². The number of benzene rings is 1. The van der Waals surface area contributed by atoms with Crippen LogP contribution in [-0.2, 0) is 6.54 Å². The van der Waals surface area contributed by atoms with E-state index in [1.54, 1.807) is 7.05 Å². The van der Waals surface area contributed by atoms with E-state index in [-0.39, 0.29) is 5.69 Å². The molecule has 18 heavy (non-hydrogen) atoms. The maximum Gasteiger partial charge on any atom is 0.352 e. The van der Waals surface area contributed by atoms with Crippen LogP contribution in [0.3, 0.4) is 0 Å². The van der Waals surface area contributed by atoms with Crippen LogP contribution < -0.4 is 11.0 Å². The minimum Gasteiger partial charge on any atom is -0.357 e. The van der Waals surface area contributed by atoms with E-state index in [0.717, 1.165) is 5.56 Å². The normalized spacial score (nSPS) is 10.4. The van der Waals surface area contributed by atoms with Crippen molar-refractivity contribution >= 4 is 5.95 Å². The Kier molecular flexibility index (Phi) is 3.41. The molecule has 5 nitrogen and oxygen atoms in total. The Morgan fingerprint density at radius 3 is 2.50 bits per heavy atom. The van der Waals surface area contributed by atoms with Crippen molar-refractivity contribution in [3.8, 4) is 0 Å². The highest BCUT2D eigenvalue weighted by molar-refractivity contribution is 5.33. The monoisotopic (exact) mass is 244 g/mol. The molecule has 0 saturated carbocycles. The Morgan fingerprint density at radius 2 is 1.94 bits per heavy atom. The Balaban J connectivity index is 2.38. The Labute approximate surface area is 106 Å². The summed E-state index contributed by atoms with van der Waals surface area (Å²) in [6.07, 6.45) is 1.52. The van der Waals surface area contributed by atoms with Crippen molar-refractivity contribution in [2.45, 2.75) is 20.4 Å². The summed E-state index contributed by atoms with van der Waals surface area (Å²) >= 11 is 0. The number of anilines is 1. The van der Waals surface area contributed by atoms with Gasteiger partial charge < -0.3 is 5.32 Å². The first kappa shape index (κ1) is 12.3. The van der Waals surface area contributed by atoms with Gasteiger partial charge in [-0.05, 0) is 30.5 Å². The van der Waals surface area contributed by atoms with Crippen LogP contribution in [0.2, 0.25) is 0 Å². The predicted molar refractivity (Wildman–Crippen MR) is 70.9 cm³/mol. The van der Waals surface area contributed by atoms with Crippen molar-refractivity contribution in [2.24, 2.45) is 0 Å². The maximum absolute atomic E-state index is 11.8. The summed E-state index contributed by atoms with van der Waals surface area (Å²) in [4.78, 5) is 19.7. The molecule has 0 bridgehead atoms. The molecular weight excluding hydrogens is 228 g/mol. The van der Waals surface area contributed by atoms with Crippen molar-refractivity contribution in [2.75, 3.05) is 12.4 Å². The molecule has 5 heteroatoms. The first-order chi connectivity index (χ1) is 8.61. The molecule has 94 valence electrons. The number of nitrogens with one attached hydrogen (secondary N) is 1. The van der Waals surface area contributed by atoms with Gasteiger partial charge in [0.15, 0.2) is 0 Å². The minimum absolute atomic E-state index is 0.294. The number of hydrogen-bond donors (Lipinski definition) is 1. The van der Waals surface area contributed by atoms with Crippen LogP contribution >= 0.6 is 0 Å². The lowest BCUT2D eigenvalue weighted by atomic mass is 10.0. The fraction of sp³-hybridized carbons (Fsp3) is 0.308. The first-order valence-corrected chi connectivity index (χ1v) is 5.78. The van der Waals surface area contributed by atoms with Gasteiger partial charge >= 0.3 is 5.69 Å². The molecule has 1 N–H and O–H groups in total. The van der Waals surface area contributed by atoms with Gasteiger partial charge in [0.05, 0.1) is 6.54 Å². The van der Waals surface area contributed by atoms with Crippen LogP contribution in [-0.4, -0.2) is 21.6 Å². The number of aromatic nitrogens is 3. The molecule has 2 rings (SSSR count). The molecule has 2 aromatic rings. The molecule has 1 aromatic heterocycles. The minimum atomic E-state index is -0.294. The zero-order chi connectivity index (χ0) is 13.1. The topological polar surface area (TPSA) is 59.8 Å². The lowest BCUT2D eigenvalue weighted by Gasteiger charge is -2.11. The SMILES string of the molecule is CNc1ncn(Cc2c(C)cccc2C)c(=O)n1. The van der Waals surface area contributed by atoms with Crippen molar-refractivity contribution < 1.29 is 0 Å². The number of nitrogens with zero attached hydrogens (tertiary/aromatic N) is 3. The van der Waals surface area contributed by atoms with E-state index in [1.807, 2.05) is 32.0 Å². The van der Waals surface area contributed by atoms with Crippen LogP contribution in [0.25, 0.3) is 0 Å². The van der Waals surface area contributed by atoms with Gasteiger partial charge in [0.2, 0.25) is 5.95 Å². The third-order valence-corrected chi connectivity index (χ3v) is 2.96. The fourth-order valence-electron chi connectivity index (χ4n) is 1.86. The van der Waals surface area contributed by atoms with E-state index in [2.05, 4.69) is 15.3 Å². The predicted octanol–water partition coefficient (Wildman–Crippen LogP) is 1.35. The van der Waals surface area contributed by atoms with E-state index >= 15 is 0 Å². The van der Waals surface area contributed by atoms with Gasteiger partial charge in [0, 0.05) is 7.05 Å². The largest absolute Gasteiger partial charge is 0.357 e. The second kappa shape index (κ2) is 5.00. The highest BCUT2D eigenvalue weighted by Crippen LogP contribution is 2.13. The van der Waals surface area contributed by atoms with Crippen LogP contribution in [0.15, 0.2) is 29.3 Å². The lowest BCUT2D eigenvalue weighted by Crippen LogP contribution is -2.25. The summed E-state index contributed by atoms with van der Waals surface area (Å²) in [6.45, 7) is 4.58. The Hall–Kier alpha value is -2.17. The van der Waals surface area contributed by atoms with Gasteiger partial charge in [0.1, 0.15) is 6.33 Å². The molecule has 0 fully saturated rings. The maximum atomic E-state index is 11.8. The van der Waals surface area contributed by atoms with Gasteiger partial charge in [-0.2, -0.15) is 4.98 Å². The lowest BCUT2D eigenvalue weighted by molar-refractivity contribution is 0.697. The van der Waals surface area contributed by atoms with Crippen LogP contribution in [0, 0.1) is 13.8 Å². The molecule has 0 aliphatic carbocycles. The Bertz CT molecular complexity index is 598. The third-order valence-electron chi connectivity index (χ3n) is 2.96. The highest BCUT2D eigenvalue weighted by atomic mass is 16.1. The van der Waals surface area contributed by atoms with Gasteiger partial charge in [-0.15, -0.1) is 0 Å². The average molecular weight is 244 g/mol. The zero-order valence-electron chi connectivity index (χ0n) is 10.8. The second-order valence-corrected chi connectivity index (χ2v) is 4.21. The molecule has 0 radical (unpaired) electrons. The summed E-state index contributed by atoms with van der Waals surface area (Å²) in [5.41, 5.74) is 3.18. The smallest absolute Gasteiger partial charge is 0.352 e. The van der Waals surface area contributed by atoms with Crippen LogP contribution in [0.4, 0.5) is 5.95 Å². The van der Waals surface area contributed by atoms with Crippen LogP contribution in [0.5, 0.6) is 0 Å². The van der Waals surface area contributed by atoms with E-state index < -0.39 is 0 Å². The average Bonchev–Trinajstić information content (AvgIpc) is 2.35. The second-order valence-electron chi connectivity index (χ2n) is 4.21. The van der Waals surface area contributed by atoms with E-state index in [9.17, 15) is 4.79 Å². The molecule has 0 aliphatic rings. The molecular formula is C13H16N4O. The van der Waals surface area contributed by atoms with Gasteiger partial charge in [0.25, 0.3) is 0 Å².